The van der Waals surface area contributed by atoms with Crippen LogP contribution in [-0.4, -0.2) is 36.9 Å². The Kier molecular flexibility index (Phi) is 6.38. The van der Waals surface area contributed by atoms with Gasteiger partial charge in [0.1, 0.15) is 0 Å². The molecular formula is C24H27NO5S. The Hall–Kier alpha value is -2.90. The summed E-state index contributed by atoms with van der Waals surface area (Å²) in [5, 5.41) is 10.2. The van der Waals surface area contributed by atoms with Crippen molar-refractivity contribution in [2.45, 2.75) is 37.7 Å². The number of aliphatic carboxylic acids is 1. The van der Waals surface area contributed by atoms with E-state index in [4.69, 9.17) is 4.74 Å². The fraction of sp³-hybridized carbons (Fsp3) is 0.292. The number of carbonyl (C=O) groups is 1. The van der Waals surface area contributed by atoms with Gasteiger partial charge in [-0.1, -0.05) is 37.3 Å². The molecule has 0 aliphatic rings. The number of rotatable bonds is 8. The van der Waals surface area contributed by atoms with Gasteiger partial charge in [0.2, 0.25) is 0 Å². The van der Waals surface area contributed by atoms with Gasteiger partial charge in [0.15, 0.2) is 15.4 Å². The van der Waals surface area contributed by atoms with E-state index in [-0.39, 0.29) is 17.9 Å². The van der Waals surface area contributed by atoms with Gasteiger partial charge in [0.05, 0.1) is 4.90 Å². The van der Waals surface area contributed by atoms with Crippen molar-refractivity contribution in [3.05, 3.63) is 72.1 Å². The summed E-state index contributed by atoms with van der Waals surface area (Å²) in [5.74, 6) is -1.08. The maximum Gasteiger partial charge on any atom is 0.340 e. The average Bonchev–Trinajstić information content (AvgIpc) is 3.09. The molecule has 0 aliphatic heterocycles. The molecule has 0 aliphatic carbocycles. The first-order valence-electron chi connectivity index (χ1n) is 10.1. The summed E-state index contributed by atoms with van der Waals surface area (Å²) in [7, 11) is -3.42. The Labute approximate surface area is 183 Å². The highest BCUT2D eigenvalue weighted by Crippen LogP contribution is 2.42. The van der Waals surface area contributed by atoms with Gasteiger partial charge in [0.25, 0.3) is 0 Å². The van der Waals surface area contributed by atoms with Crippen LogP contribution in [0, 0.1) is 6.92 Å². The van der Waals surface area contributed by atoms with Crippen molar-refractivity contribution in [2.75, 3.05) is 12.9 Å². The zero-order chi connectivity index (χ0) is 22.8. The molecule has 0 saturated carbocycles. The molecule has 1 heterocycles. The topological polar surface area (TPSA) is 85.6 Å². The zero-order valence-corrected chi connectivity index (χ0v) is 18.9. The first-order chi connectivity index (χ1) is 14.7. The smallest absolute Gasteiger partial charge is 0.340 e. The molecule has 1 aromatic heterocycles. The third-order valence-electron chi connectivity index (χ3n) is 5.50. The maximum atomic E-state index is 12.5. The molecule has 31 heavy (non-hydrogen) atoms. The number of nitrogens with zero attached hydrogens (tertiary/aromatic N) is 1. The summed E-state index contributed by atoms with van der Waals surface area (Å²) in [6, 6.07) is 16.2. The molecule has 164 valence electrons. The van der Waals surface area contributed by atoms with E-state index >= 15 is 0 Å². The van der Waals surface area contributed by atoms with Crippen LogP contribution in [0.25, 0.3) is 16.8 Å². The van der Waals surface area contributed by atoms with Crippen molar-refractivity contribution in [3.63, 3.8) is 0 Å². The molecular weight excluding hydrogens is 414 g/mol. The van der Waals surface area contributed by atoms with Crippen molar-refractivity contribution in [1.29, 1.82) is 0 Å². The fourth-order valence-corrected chi connectivity index (χ4v) is 4.67. The Morgan fingerprint density at radius 3 is 2.32 bits per heavy atom. The predicted molar refractivity (Wildman–Crippen MR) is 120 cm³/mol. The molecule has 6 nitrogen and oxygen atoms in total. The molecule has 1 unspecified atom stereocenters. The molecule has 0 saturated heterocycles. The zero-order valence-electron chi connectivity index (χ0n) is 18.1. The number of hydrogen-bond donors (Lipinski definition) is 1. The molecule has 3 aromatic rings. The van der Waals surface area contributed by atoms with E-state index in [1.54, 1.807) is 32.0 Å². The molecule has 1 N–H and O–H groups in total. The van der Waals surface area contributed by atoms with Crippen molar-refractivity contribution in [2.24, 2.45) is 0 Å². The first-order valence-corrected chi connectivity index (χ1v) is 12.0. The highest BCUT2D eigenvalue weighted by molar-refractivity contribution is 7.90. The normalized spacial score (nSPS) is 13.7. The van der Waals surface area contributed by atoms with E-state index in [9.17, 15) is 18.3 Å². The molecule has 0 radical (unpaired) electrons. The molecule has 0 bridgehead atoms. The Morgan fingerprint density at radius 1 is 1.10 bits per heavy atom. The van der Waals surface area contributed by atoms with Gasteiger partial charge in [-0.2, -0.15) is 0 Å². The lowest BCUT2D eigenvalue weighted by Gasteiger charge is -2.30. The van der Waals surface area contributed by atoms with Crippen LogP contribution in [0.15, 0.2) is 65.7 Å². The highest BCUT2D eigenvalue weighted by atomic mass is 32.2. The average molecular weight is 442 g/mol. The van der Waals surface area contributed by atoms with E-state index in [0.717, 1.165) is 17.6 Å². The SMILES string of the molecule is CCOC(CC)(C(=O)O)c1c(-c2cccc(S(C)(=O)=O)c2)cn(-c2ccccc2)c1C. The van der Waals surface area contributed by atoms with E-state index < -0.39 is 21.4 Å². The Bertz CT molecular complexity index is 1200. The second-order valence-electron chi connectivity index (χ2n) is 7.43. The first kappa shape index (κ1) is 22.8. The van der Waals surface area contributed by atoms with Crippen LogP contribution in [0.5, 0.6) is 0 Å². The lowest BCUT2D eigenvalue weighted by Crippen LogP contribution is -2.39. The second kappa shape index (κ2) is 8.69. The standard InChI is InChI=1S/C24H27NO5S/c1-5-24(23(26)27,30-6-2)22-17(3)25(19-12-8-7-9-13-19)16-21(22)18-11-10-14-20(15-18)31(4,28)29/h7-16H,5-6H2,1-4H3,(H,26,27). The van der Waals surface area contributed by atoms with Gasteiger partial charge in [0, 0.05) is 41.6 Å². The van der Waals surface area contributed by atoms with Crippen LogP contribution in [0.4, 0.5) is 0 Å². The fourth-order valence-electron chi connectivity index (χ4n) is 4.00. The summed E-state index contributed by atoms with van der Waals surface area (Å²) in [4.78, 5) is 12.7. The molecule has 3 rings (SSSR count). The van der Waals surface area contributed by atoms with Crippen LogP contribution in [0.2, 0.25) is 0 Å². The van der Waals surface area contributed by atoms with Gasteiger partial charge in [-0.15, -0.1) is 0 Å². The number of hydrogen-bond acceptors (Lipinski definition) is 4. The van der Waals surface area contributed by atoms with Crippen LogP contribution < -0.4 is 0 Å². The number of benzene rings is 2. The number of sulfone groups is 1. The molecule has 1 atom stereocenters. The van der Waals surface area contributed by atoms with E-state index in [0.29, 0.717) is 16.7 Å². The number of carboxylic acids is 1. The van der Waals surface area contributed by atoms with Crippen LogP contribution >= 0.6 is 0 Å². The van der Waals surface area contributed by atoms with E-state index in [1.165, 1.54) is 6.07 Å². The third-order valence-corrected chi connectivity index (χ3v) is 6.61. The minimum absolute atomic E-state index is 0.176. The lowest BCUT2D eigenvalue weighted by molar-refractivity contribution is -0.168. The van der Waals surface area contributed by atoms with Gasteiger partial charge in [-0.05, 0) is 50.1 Å². The number of para-hydroxylation sites is 1. The minimum Gasteiger partial charge on any atom is -0.479 e. The lowest BCUT2D eigenvalue weighted by atomic mass is 9.86. The second-order valence-corrected chi connectivity index (χ2v) is 9.44. The predicted octanol–water partition coefficient (Wildman–Crippen LogP) is 4.58. The summed E-state index contributed by atoms with van der Waals surface area (Å²) < 4.78 is 32.1. The summed E-state index contributed by atoms with van der Waals surface area (Å²) in [6.45, 7) is 5.62. The number of aromatic nitrogens is 1. The molecule has 2 aromatic carbocycles. The molecule has 0 amide bonds. The Balaban J connectivity index is 2.39. The maximum absolute atomic E-state index is 12.5. The van der Waals surface area contributed by atoms with Gasteiger partial charge >= 0.3 is 5.97 Å². The van der Waals surface area contributed by atoms with Gasteiger partial charge < -0.3 is 14.4 Å². The number of ether oxygens (including phenoxy) is 1. The van der Waals surface area contributed by atoms with E-state index in [1.807, 2.05) is 48.0 Å². The van der Waals surface area contributed by atoms with E-state index in [2.05, 4.69) is 0 Å². The third kappa shape index (κ3) is 4.16. The number of carboxylic acid groups (broad SMARTS) is 1. The van der Waals surface area contributed by atoms with Crippen LogP contribution in [0.3, 0.4) is 0 Å². The van der Waals surface area contributed by atoms with Gasteiger partial charge in [-0.3, -0.25) is 0 Å². The van der Waals surface area contributed by atoms with Gasteiger partial charge in [-0.25, -0.2) is 13.2 Å². The monoisotopic (exact) mass is 441 g/mol. The van der Waals surface area contributed by atoms with Crippen molar-refractivity contribution in [1.82, 2.24) is 4.57 Å². The summed E-state index contributed by atoms with van der Waals surface area (Å²) >= 11 is 0. The summed E-state index contributed by atoms with van der Waals surface area (Å²) in [6.07, 6.45) is 3.23. The molecule has 0 spiro atoms. The molecule has 7 heteroatoms. The van der Waals surface area contributed by atoms with Crippen LogP contribution in [-0.2, 0) is 25.0 Å². The minimum atomic E-state index is -3.42. The Morgan fingerprint density at radius 2 is 1.77 bits per heavy atom. The quantitative estimate of drug-likeness (QED) is 0.553. The highest BCUT2D eigenvalue weighted by Gasteiger charge is 2.44. The van der Waals surface area contributed by atoms with Crippen molar-refractivity contribution < 1.29 is 23.1 Å². The summed E-state index contributed by atoms with van der Waals surface area (Å²) in [5.41, 5.74) is 1.81. The van der Waals surface area contributed by atoms with Crippen molar-refractivity contribution in [3.8, 4) is 16.8 Å². The largest absolute Gasteiger partial charge is 0.479 e. The van der Waals surface area contributed by atoms with Crippen LogP contribution in [0.1, 0.15) is 31.5 Å². The molecule has 0 fully saturated rings. The van der Waals surface area contributed by atoms with Crippen molar-refractivity contribution >= 4 is 15.8 Å².